The molecule has 0 spiro atoms. The molecule has 0 saturated carbocycles. The Kier molecular flexibility index (Phi) is 3.71. The molecule has 3 nitrogen and oxygen atoms in total. The Labute approximate surface area is 81.9 Å². The number of likely N-dealkylation sites (tertiary alicyclic amines) is 1. The van der Waals surface area contributed by atoms with Crippen LogP contribution < -0.4 is 10.6 Å². The van der Waals surface area contributed by atoms with E-state index < -0.39 is 0 Å². The van der Waals surface area contributed by atoms with Crippen molar-refractivity contribution < 1.29 is 0 Å². The van der Waals surface area contributed by atoms with E-state index in [-0.39, 0.29) is 5.54 Å². The number of rotatable bonds is 4. The molecule has 0 aliphatic carbocycles. The van der Waals surface area contributed by atoms with Crippen LogP contribution in [0.2, 0.25) is 0 Å². The first-order valence-corrected chi connectivity index (χ1v) is 5.14. The number of hydrogen-bond donors (Lipinski definition) is 2. The molecule has 0 amide bonds. The van der Waals surface area contributed by atoms with Gasteiger partial charge < -0.3 is 15.5 Å². The standard InChI is InChI=1S/C10H23N3/c1-10(2,11-3)8-12-9-5-6-13(4)7-9/h9,11-12H,5-8H2,1-4H3. The first-order chi connectivity index (χ1) is 6.03. The highest BCUT2D eigenvalue weighted by Crippen LogP contribution is 2.07. The van der Waals surface area contributed by atoms with Gasteiger partial charge in [0.2, 0.25) is 0 Å². The van der Waals surface area contributed by atoms with Crippen molar-refractivity contribution in [2.75, 3.05) is 33.7 Å². The van der Waals surface area contributed by atoms with Crippen molar-refractivity contribution in [1.82, 2.24) is 15.5 Å². The van der Waals surface area contributed by atoms with Gasteiger partial charge in [0, 0.05) is 24.7 Å². The van der Waals surface area contributed by atoms with E-state index in [0.29, 0.717) is 6.04 Å². The summed E-state index contributed by atoms with van der Waals surface area (Å²) in [6, 6.07) is 0.692. The van der Waals surface area contributed by atoms with Crippen molar-refractivity contribution in [3.63, 3.8) is 0 Å². The monoisotopic (exact) mass is 185 g/mol. The van der Waals surface area contributed by atoms with Gasteiger partial charge in [-0.1, -0.05) is 0 Å². The molecule has 78 valence electrons. The fourth-order valence-electron chi connectivity index (χ4n) is 1.59. The normalized spacial score (nSPS) is 25.4. The van der Waals surface area contributed by atoms with Gasteiger partial charge in [0.05, 0.1) is 0 Å². The molecule has 1 unspecified atom stereocenters. The second-order valence-electron chi connectivity index (χ2n) is 4.76. The summed E-state index contributed by atoms with van der Waals surface area (Å²) in [7, 11) is 4.20. The van der Waals surface area contributed by atoms with Gasteiger partial charge in [-0.3, -0.25) is 0 Å². The maximum absolute atomic E-state index is 3.60. The second kappa shape index (κ2) is 4.40. The van der Waals surface area contributed by atoms with Gasteiger partial charge >= 0.3 is 0 Å². The van der Waals surface area contributed by atoms with Crippen LogP contribution in [-0.4, -0.2) is 50.2 Å². The van der Waals surface area contributed by atoms with E-state index in [2.05, 4.69) is 36.4 Å². The summed E-state index contributed by atoms with van der Waals surface area (Å²) in [4.78, 5) is 2.38. The van der Waals surface area contributed by atoms with E-state index in [1.54, 1.807) is 0 Å². The first kappa shape index (κ1) is 11.0. The highest BCUT2D eigenvalue weighted by Gasteiger charge is 2.21. The van der Waals surface area contributed by atoms with Gasteiger partial charge in [0.1, 0.15) is 0 Å². The van der Waals surface area contributed by atoms with Gasteiger partial charge in [-0.05, 0) is 40.9 Å². The van der Waals surface area contributed by atoms with Crippen LogP contribution in [0.3, 0.4) is 0 Å². The Hall–Kier alpha value is -0.120. The van der Waals surface area contributed by atoms with Crippen molar-refractivity contribution in [3.05, 3.63) is 0 Å². The molecule has 0 bridgehead atoms. The Morgan fingerprint density at radius 3 is 2.62 bits per heavy atom. The van der Waals surface area contributed by atoms with E-state index in [1.165, 1.54) is 19.5 Å². The van der Waals surface area contributed by atoms with Crippen LogP contribution >= 0.6 is 0 Å². The Morgan fingerprint density at radius 2 is 2.15 bits per heavy atom. The lowest BCUT2D eigenvalue weighted by molar-refractivity contribution is 0.353. The smallest absolute Gasteiger partial charge is 0.0246 e. The van der Waals surface area contributed by atoms with Crippen LogP contribution in [0.15, 0.2) is 0 Å². The SMILES string of the molecule is CNC(C)(C)CNC1CCN(C)C1. The summed E-state index contributed by atoms with van der Waals surface area (Å²) in [5.41, 5.74) is 0.209. The molecule has 1 rings (SSSR count). The summed E-state index contributed by atoms with van der Waals surface area (Å²) < 4.78 is 0. The lowest BCUT2D eigenvalue weighted by Gasteiger charge is -2.26. The van der Waals surface area contributed by atoms with Crippen LogP contribution in [0, 0.1) is 0 Å². The summed E-state index contributed by atoms with van der Waals surface area (Å²) in [5, 5.41) is 6.90. The molecular formula is C10H23N3. The van der Waals surface area contributed by atoms with Gasteiger partial charge in [-0.15, -0.1) is 0 Å². The summed E-state index contributed by atoms with van der Waals surface area (Å²) in [6.07, 6.45) is 1.29. The van der Waals surface area contributed by atoms with Crippen molar-refractivity contribution in [2.45, 2.75) is 31.8 Å². The zero-order valence-corrected chi connectivity index (χ0v) is 9.35. The van der Waals surface area contributed by atoms with Crippen LogP contribution in [-0.2, 0) is 0 Å². The topological polar surface area (TPSA) is 27.3 Å². The highest BCUT2D eigenvalue weighted by molar-refractivity contribution is 4.84. The Morgan fingerprint density at radius 1 is 1.46 bits per heavy atom. The van der Waals surface area contributed by atoms with Gasteiger partial charge in [0.25, 0.3) is 0 Å². The lowest BCUT2D eigenvalue weighted by Crippen LogP contribution is -2.48. The van der Waals surface area contributed by atoms with Crippen molar-refractivity contribution in [3.8, 4) is 0 Å². The molecule has 1 saturated heterocycles. The molecule has 3 heteroatoms. The second-order valence-corrected chi connectivity index (χ2v) is 4.76. The maximum atomic E-state index is 3.60. The predicted molar refractivity (Wildman–Crippen MR) is 57.0 cm³/mol. The van der Waals surface area contributed by atoms with Crippen molar-refractivity contribution in [1.29, 1.82) is 0 Å². The Bertz CT molecular complexity index is 156. The Balaban J connectivity index is 2.19. The predicted octanol–water partition coefficient (Wildman–Crippen LogP) is 0.278. The van der Waals surface area contributed by atoms with Crippen molar-refractivity contribution in [2.24, 2.45) is 0 Å². The van der Waals surface area contributed by atoms with E-state index in [9.17, 15) is 0 Å². The molecule has 1 atom stereocenters. The number of hydrogen-bond acceptors (Lipinski definition) is 3. The van der Waals surface area contributed by atoms with Gasteiger partial charge in [-0.25, -0.2) is 0 Å². The molecule has 2 N–H and O–H groups in total. The minimum absolute atomic E-state index is 0.209. The van der Waals surface area contributed by atoms with E-state index in [1.807, 2.05) is 7.05 Å². The van der Waals surface area contributed by atoms with Crippen LogP contribution in [0.1, 0.15) is 20.3 Å². The zero-order chi connectivity index (χ0) is 9.90. The molecule has 0 aromatic heterocycles. The third-order valence-electron chi connectivity index (χ3n) is 2.90. The summed E-state index contributed by atoms with van der Waals surface area (Å²) in [5.74, 6) is 0. The van der Waals surface area contributed by atoms with Crippen LogP contribution in [0.4, 0.5) is 0 Å². The van der Waals surface area contributed by atoms with E-state index in [4.69, 9.17) is 0 Å². The minimum Gasteiger partial charge on any atom is -0.314 e. The molecule has 0 aromatic rings. The third-order valence-corrected chi connectivity index (χ3v) is 2.90. The van der Waals surface area contributed by atoms with Crippen molar-refractivity contribution >= 4 is 0 Å². The molecule has 0 radical (unpaired) electrons. The van der Waals surface area contributed by atoms with Crippen LogP contribution in [0.25, 0.3) is 0 Å². The highest BCUT2D eigenvalue weighted by atomic mass is 15.2. The van der Waals surface area contributed by atoms with Crippen LogP contribution in [0.5, 0.6) is 0 Å². The van der Waals surface area contributed by atoms with E-state index in [0.717, 1.165) is 6.54 Å². The average molecular weight is 185 g/mol. The minimum atomic E-state index is 0.209. The van der Waals surface area contributed by atoms with Gasteiger partial charge in [0.15, 0.2) is 0 Å². The quantitative estimate of drug-likeness (QED) is 0.659. The number of nitrogens with one attached hydrogen (secondary N) is 2. The molecule has 1 aliphatic rings. The fraction of sp³-hybridized carbons (Fsp3) is 1.00. The average Bonchev–Trinajstić information content (AvgIpc) is 2.48. The third kappa shape index (κ3) is 3.63. The molecule has 0 aromatic carbocycles. The molecular weight excluding hydrogens is 162 g/mol. The molecule has 1 fully saturated rings. The first-order valence-electron chi connectivity index (χ1n) is 5.14. The largest absolute Gasteiger partial charge is 0.314 e. The molecule has 1 heterocycles. The van der Waals surface area contributed by atoms with Gasteiger partial charge in [-0.2, -0.15) is 0 Å². The number of likely N-dealkylation sites (N-methyl/N-ethyl adjacent to an activating group) is 2. The molecule has 13 heavy (non-hydrogen) atoms. The lowest BCUT2D eigenvalue weighted by atomic mass is 10.1. The fourth-order valence-corrected chi connectivity index (χ4v) is 1.59. The number of nitrogens with zero attached hydrogens (tertiary/aromatic N) is 1. The summed E-state index contributed by atoms with van der Waals surface area (Å²) >= 11 is 0. The molecule has 1 aliphatic heterocycles. The maximum Gasteiger partial charge on any atom is 0.0246 e. The zero-order valence-electron chi connectivity index (χ0n) is 9.35. The van der Waals surface area contributed by atoms with E-state index >= 15 is 0 Å². The summed E-state index contributed by atoms with van der Waals surface area (Å²) in [6.45, 7) is 7.91.